The van der Waals surface area contributed by atoms with Crippen LogP contribution in [0.3, 0.4) is 0 Å². The van der Waals surface area contributed by atoms with Gasteiger partial charge >= 0.3 is 0 Å². The Morgan fingerprint density at radius 2 is 1.94 bits per heavy atom. The lowest BCUT2D eigenvalue weighted by Gasteiger charge is -2.16. The van der Waals surface area contributed by atoms with Gasteiger partial charge in [0.1, 0.15) is 0 Å². The molecule has 4 nitrogen and oxygen atoms in total. The van der Waals surface area contributed by atoms with Crippen LogP contribution in [0.15, 0.2) is 24.3 Å². The molecule has 0 radical (unpaired) electrons. The average molecular weight is 270 g/mol. The van der Waals surface area contributed by atoms with Gasteiger partial charge in [0, 0.05) is 6.54 Å². The molecule has 0 saturated carbocycles. The maximum absolute atomic E-state index is 12.1. The Bertz CT molecular complexity index is 472. The zero-order valence-corrected chi connectivity index (χ0v) is 12.0. The lowest BCUT2D eigenvalue weighted by atomic mass is 10.2. The van der Waals surface area contributed by atoms with Gasteiger partial charge in [0.05, 0.1) is 10.9 Å². The number of benzene rings is 1. The van der Waals surface area contributed by atoms with Crippen LogP contribution in [-0.4, -0.2) is 26.8 Å². The minimum Gasteiger partial charge on any atom is -0.315 e. The van der Waals surface area contributed by atoms with E-state index in [0.29, 0.717) is 12.2 Å². The van der Waals surface area contributed by atoms with Gasteiger partial charge < -0.3 is 5.32 Å². The molecular weight excluding hydrogens is 248 g/mol. The van der Waals surface area contributed by atoms with Crippen molar-refractivity contribution in [2.75, 3.05) is 17.8 Å². The third kappa shape index (κ3) is 4.31. The molecule has 0 bridgehead atoms. The summed E-state index contributed by atoms with van der Waals surface area (Å²) >= 11 is 0. The van der Waals surface area contributed by atoms with Crippen molar-refractivity contribution in [1.29, 1.82) is 0 Å². The van der Waals surface area contributed by atoms with E-state index in [4.69, 9.17) is 0 Å². The first-order valence-electron chi connectivity index (χ1n) is 6.25. The smallest absolute Gasteiger partial charge is 0.236 e. The SMILES string of the molecule is CCCNCC(C)S(=O)(=O)Nc1ccccc1C. The third-order valence-corrected chi connectivity index (χ3v) is 4.52. The molecule has 0 amide bonds. The van der Waals surface area contributed by atoms with E-state index in [2.05, 4.69) is 17.0 Å². The third-order valence-electron chi connectivity index (χ3n) is 2.79. The van der Waals surface area contributed by atoms with Gasteiger partial charge in [-0.1, -0.05) is 25.1 Å². The Morgan fingerprint density at radius 3 is 2.56 bits per heavy atom. The summed E-state index contributed by atoms with van der Waals surface area (Å²) in [4.78, 5) is 0. The molecule has 102 valence electrons. The Hall–Kier alpha value is -1.07. The molecule has 0 aliphatic heterocycles. The minimum atomic E-state index is -3.33. The highest BCUT2D eigenvalue weighted by atomic mass is 32.2. The van der Waals surface area contributed by atoms with E-state index >= 15 is 0 Å². The van der Waals surface area contributed by atoms with E-state index in [1.165, 1.54) is 0 Å². The van der Waals surface area contributed by atoms with E-state index in [1.807, 2.05) is 25.1 Å². The molecule has 1 aromatic rings. The predicted octanol–water partition coefficient (Wildman–Crippen LogP) is 2.12. The van der Waals surface area contributed by atoms with Crippen molar-refractivity contribution in [3.8, 4) is 0 Å². The van der Waals surface area contributed by atoms with Crippen molar-refractivity contribution in [2.45, 2.75) is 32.4 Å². The van der Waals surface area contributed by atoms with Crippen LogP contribution in [0.4, 0.5) is 5.69 Å². The number of para-hydroxylation sites is 1. The number of nitrogens with one attached hydrogen (secondary N) is 2. The summed E-state index contributed by atoms with van der Waals surface area (Å²) < 4.78 is 26.8. The molecule has 2 N–H and O–H groups in total. The molecule has 1 rings (SSSR count). The molecule has 1 unspecified atom stereocenters. The van der Waals surface area contributed by atoms with Gasteiger partial charge in [0.15, 0.2) is 0 Å². The van der Waals surface area contributed by atoms with Crippen molar-refractivity contribution in [3.05, 3.63) is 29.8 Å². The molecule has 0 aliphatic rings. The standard InChI is InChI=1S/C13H22N2O2S/c1-4-9-14-10-12(3)18(16,17)15-13-8-6-5-7-11(13)2/h5-8,12,14-15H,4,9-10H2,1-3H3. The second-order valence-corrected chi connectivity index (χ2v) is 6.58. The highest BCUT2D eigenvalue weighted by Gasteiger charge is 2.20. The monoisotopic (exact) mass is 270 g/mol. The molecule has 0 aromatic heterocycles. The van der Waals surface area contributed by atoms with E-state index in [0.717, 1.165) is 18.5 Å². The summed E-state index contributed by atoms with van der Waals surface area (Å²) in [5.74, 6) is 0. The molecule has 1 atom stereocenters. The van der Waals surface area contributed by atoms with Gasteiger partial charge in [-0.3, -0.25) is 4.72 Å². The quantitative estimate of drug-likeness (QED) is 0.746. The van der Waals surface area contributed by atoms with Gasteiger partial charge in [-0.2, -0.15) is 0 Å². The molecule has 0 aliphatic carbocycles. The van der Waals surface area contributed by atoms with Crippen molar-refractivity contribution in [3.63, 3.8) is 0 Å². The highest BCUT2D eigenvalue weighted by molar-refractivity contribution is 7.93. The molecular formula is C13H22N2O2S. The molecule has 0 fully saturated rings. The molecule has 5 heteroatoms. The molecule has 0 heterocycles. The van der Waals surface area contributed by atoms with Crippen LogP contribution in [0, 0.1) is 6.92 Å². The maximum Gasteiger partial charge on any atom is 0.236 e. The van der Waals surface area contributed by atoms with Crippen LogP contribution in [-0.2, 0) is 10.0 Å². The van der Waals surface area contributed by atoms with Crippen molar-refractivity contribution in [1.82, 2.24) is 5.32 Å². The summed E-state index contributed by atoms with van der Waals surface area (Å²) in [6.45, 7) is 6.96. The number of hydrogen-bond acceptors (Lipinski definition) is 3. The highest BCUT2D eigenvalue weighted by Crippen LogP contribution is 2.16. The first-order chi connectivity index (χ1) is 8.47. The van der Waals surface area contributed by atoms with E-state index in [-0.39, 0.29) is 0 Å². The number of rotatable bonds is 7. The van der Waals surface area contributed by atoms with Crippen LogP contribution < -0.4 is 10.0 Å². The Balaban J connectivity index is 2.67. The average Bonchev–Trinajstić information content (AvgIpc) is 2.32. The lowest BCUT2D eigenvalue weighted by molar-refractivity contribution is 0.575. The van der Waals surface area contributed by atoms with Gasteiger partial charge in [0.2, 0.25) is 10.0 Å². The van der Waals surface area contributed by atoms with Crippen LogP contribution in [0.5, 0.6) is 0 Å². The molecule has 1 aromatic carbocycles. The zero-order chi connectivity index (χ0) is 13.6. The number of sulfonamides is 1. The zero-order valence-electron chi connectivity index (χ0n) is 11.2. The number of hydrogen-bond donors (Lipinski definition) is 2. The molecule has 0 spiro atoms. The van der Waals surface area contributed by atoms with E-state index in [9.17, 15) is 8.42 Å². The van der Waals surface area contributed by atoms with Gasteiger partial charge in [0.25, 0.3) is 0 Å². The summed E-state index contributed by atoms with van der Waals surface area (Å²) in [6.07, 6.45) is 0.998. The minimum absolute atomic E-state index is 0.455. The topological polar surface area (TPSA) is 58.2 Å². The summed E-state index contributed by atoms with van der Waals surface area (Å²) in [5, 5.41) is 2.67. The Labute approximate surface area is 110 Å². The summed E-state index contributed by atoms with van der Waals surface area (Å²) in [6, 6.07) is 7.38. The number of anilines is 1. The van der Waals surface area contributed by atoms with Gasteiger partial charge in [-0.25, -0.2) is 8.42 Å². The second-order valence-electron chi connectivity index (χ2n) is 4.48. The van der Waals surface area contributed by atoms with Gasteiger partial charge in [-0.05, 0) is 38.4 Å². The summed E-state index contributed by atoms with van der Waals surface area (Å²) in [5.41, 5.74) is 1.58. The second kappa shape index (κ2) is 6.75. The fourth-order valence-electron chi connectivity index (χ4n) is 1.53. The predicted molar refractivity (Wildman–Crippen MR) is 76.3 cm³/mol. The largest absolute Gasteiger partial charge is 0.315 e. The van der Waals surface area contributed by atoms with Crippen LogP contribution >= 0.6 is 0 Å². The maximum atomic E-state index is 12.1. The normalized spacial score (nSPS) is 13.3. The fourth-order valence-corrected chi connectivity index (χ4v) is 2.61. The molecule has 18 heavy (non-hydrogen) atoms. The fraction of sp³-hybridized carbons (Fsp3) is 0.538. The van der Waals surface area contributed by atoms with E-state index < -0.39 is 15.3 Å². The first-order valence-corrected chi connectivity index (χ1v) is 7.80. The Kier molecular flexibility index (Phi) is 5.62. The van der Waals surface area contributed by atoms with E-state index in [1.54, 1.807) is 13.0 Å². The summed E-state index contributed by atoms with van der Waals surface area (Å²) in [7, 11) is -3.33. The van der Waals surface area contributed by atoms with Crippen LogP contribution in [0.2, 0.25) is 0 Å². The van der Waals surface area contributed by atoms with Crippen LogP contribution in [0.25, 0.3) is 0 Å². The van der Waals surface area contributed by atoms with Gasteiger partial charge in [-0.15, -0.1) is 0 Å². The first kappa shape index (κ1) is 15.0. The lowest BCUT2D eigenvalue weighted by Crippen LogP contribution is -2.35. The van der Waals surface area contributed by atoms with Crippen LogP contribution in [0.1, 0.15) is 25.8 Å². The van der Waals surface area contributed by atoms with Crippen molar-refractivity contribution in [2.24, 2.45) is 0 Å². The van der Waals surface area contributed by atoms with Crippen molar-refractivity contribution < 1.29 is 8.42 Å². The Morgan fingerprint density at radius 1 is 1.28 bits per heavy atom. The number of aryl methyl sites for hydroxylation is 1. The molecule has 0 saturated heterocycles. The van der Waals surface area contributed by atoms with Crippen molar-refractivity contribution >= 4 is 15.7 Å².